The van der Waals surface area contributed by atoms with Crippen LogP contribution >= 0.6 is 0 Å². The molecule has 122 valence electrons. The number of carboxylic acids is 1. The number of carboxylic acid groups (broad SMARTS) is 1. The van der Waals surface area contributed by atoms with E-state index in [1.807, 2.05) is 38.1 Å². The molecule has 1 atom stereocenters. The molecule has 22 heavy (non-hydrogen) atoms. The third-order valence-corrected chi connectivity index (χ3v) is 3.41. The van der Waals surface area contributed by atoms with Gasteiger partial charge in [0.2, 0.25) is 5.91 Å². The quantitative estimate of drug-likeness (QED) is 0.652. The highest BCUT2D eigenvalue weighted by Crippen LogP contribution is 2.18. The number of para-hydroxylation sites is 1. The van der Waals surface area contributed by atoms with Crippen molar-refractivity contribution in [3.63, 3.8) is 0 Å². The first-order valence-electron chi connectivity index (χ1n) is 7.73. The van der Waals surface area contributed by atoms with Gasteiger partial charge in [-0.3, -0.25) is 9.59 Å². The van der Waals surface area contributed by atoms with Crippen LogP contribution < -0.4 is 10.1 Å². The van der Waals surface area contributed by atoms with Crippen molar-refractivity contribution < 1.29 is 19.4 Å². The minimum atomic E-state index is -0.821. The number of nitrogens with one attached hydrogen (secondary N) is 1. The highest BCUT2D eigenvalue weighted by atomic mass is 16.5. The molecule has 0 heterocycles. The van der Waals surface area contributed by atoms with Gasteiger partial charge >= 0.3 is 5.97 Å². The van der Waals surface area contributed by atoms with Crippen LogP contribution in [0.1, 0.15) is 44.6 Å². The van der Waals surface area contributed by atoms with E-state index in [1.165, 1.54) is 0 Å². The lowest BCUT2D eigenvalue weighted by Crippen LogP contribution is -2.35. The number of aryl methyl sites for hydroxylation is 1. The minimum Gasteiger partial charge on any atom is -0.488 e. The molecule has 0 saturated heterocycles. The molecule has 0 aliphatic heterocycles. The zero-order chi connectivity index (χ0) is 16.4. The zero-order valence-corrected chi connectivity index (χ0v) is 13.3. The predicted molar refractivity (Wildman–Crippen MR) is 85.0 cm³/mol. The van der Waals surface area contributed by atoms with Crippen LogP contribution in [-0.4, -0.2) is 29.6 Å². The third-order valence-electron chi connectivity index (χ3n) is 3.41. The first-order valence-corrected chi connectivity index (χ1v) is 7.73. The summed E-state index contributed by atoms with van der Waals surface area (Å²) in [6, 6.07) is 7.80. The Morgan fingerprint density at radius 1 is 1.23 bits per heavy atom. The lowest BCUT2D eigenvalue weighted by atomic mass is 10.2. The Kier molecular flexibility index (Phi) is 8.04. The van der Waals surface area contributed by atoms with Gasteiger partial charge in [-0.25, -0.2) is 0 Å². The monoisotopic (exact) mass is 307 g/mol. The van der Waals surface area contributed by atoms with Crippen LogP contribution in [0.2, 0.25) is 0 Å². The van der Waals surface area contributed by atoms with E-state index in [9.17, 15) is 9.59 Å². The number of ether oxygens (including phenoxy) is 1. The Balaban J connectivity index is 2.30. The lowest BCUT2D eigenvalue weighted by Gasteiger charge is -2.19. The van der Waals surface area contributed by atoms with Crippen molar-refractivity contribution in [2.24, 2.45) is 0 Å². The van der Waals surface area contributed by atoms with E-state index in [2.05, 4.69) is 5.32 Å². The molecule has 1 amide bonds. The van der Waals surface area contributed by atoms with E-state index in [0.29, 0.717) is 25.8 Å². The van der Waals surface area contributed by atoms with E-state index in [0.717, 1.165) is 17.7 Å². The maximum absolute atomic E-state index is 11.7. The van der Waals surface area contributed by atoms with Gasteiger partial charge in [0.15, 0.2) is 0 Å². The predicted octanol–water partition coefficient (Wildman–Crippen LogP) is 2.91. The van der Waals surface area contributed by atoms with Crippen molar-refractivity contribution in [1.29, 1.82) is 0 Å². The molecule has 0 aliphatic carbocycles. The van der Waals surface area contributed by atoms with Crippen molar-refractivity contribution in [3.8, 4) is 5.75 Å². The molecule has 0 spiro atoms. The highest BCUT2D eigenvalue weighted by molar-refractivity contribution is 5.75. The fourth-order valence-corrected chi connectivity index (χ4v) is 2.02. The molecule has 2 N–H and O–H groups in total. The summed E-state index contributed by atoms with van der Waals surface area (Å²) in [5, 5.41) is 11.4. The number of hydrogen-bond donors (Lipinski definition) is 2. The average Bonchev–Trinajstić information content (AvgIpc) is 2.49. The Bertz CT molecular complexity index is 487. The first-order chi connectivity index (χ1) is 10.5. The smallest absolute Gasteiger partial charge is 0.303 e. The van der Waals surface area contributed by atoms with Crippen molar-refractivity contribution in [2.75, 3.05) is 6.54 Å². The molecular formula is C17H25NO4. The molecule has 1 aromatic carbocycles. The topological polar surface area (TPSA) is 75.6 Å². The summed E-state index contributed by atoms with van der Waals surface area (Å²) in [7, 11) is 0. The van der Waals surface area contributed by atoms with Gasteiger partial charge in [0.05, 0.1) is 6.54 Å². The van der Waals surface area contributed by atoms with E-state index < -0.39 is 5.97 Å². The standard InChI is InChI=1S/C17H25NO4/c1-3-14(22-15-9-5-4-8-13(15)2)12-18-16(19)10-6-7-11-17(20)21/h4-5,8-9,14H,3,6-7,10-12H2,1-2H3,(H,18,19)(H,20,21). The molecule has 1 aromatic rings. The van der Waals surface area contributed by atoms with Crippen molar-refractivity contribution in [2.45, 2.75) is 52.1 Å². The molecule has 5 heteroatoms. The Labute approximate surface area is 131 Å². The number of unbranched alkanes of at least 4 members (excludes halogenated alkanes) is 1. The second-order valence-electron chi connectivity index (χ2n) is 5.32. The normalized spacial score (nSPS) is 11.7. The van der Waals surface area contributed by atoms with E-state index in [-0.39, 0.29) is 18.4 Å². The zero-order valence-electron chi connectivity index (χ0n) is 13.3. The summed E-state index contributed by atoms with van der Waals surface area (Å²) >= 11 is 0. The molecule has 0 saturated carbocycles. The van der Waals surface area contributed by atoms with Crippen LogP contribution in [0.25, 0.3) is 0 Å². The van der Waals surface area contributed by atoms with Gasteiger partial charge in [-0.15, -0.1) is 0 Å². The number of carbonyl (C=O) groups excluding carboxylic acids is 1. The Morgan fingerprint density at radius 2 is 1.91 bits per heavy atom. The summed E-state index contributed by atoms with van der Waals surface area (Å²) in [6.45, 7) is 4.47. The summed E-state index contributed by atoms with van der Waals surface area (Å²) in [5.41, 5.74) is 1.07. The number of aliphatic carboxylic acids is 1. The molecule has 0 radical (unpaired) electrons. The van der Waals surface area contributed by atoms with Gasteiger partial charge in [0, 0.05) is 12.8 Å². The number of amides is 1. The first kappa shape index (κ1) is 18.0. The van der Waals surface area contributed by atoms with Crippen molar-refractivity contribution >= 4 is 11.9 Å². The van der Waals surface area contributed by atoms with Gasteiger partial charge in [-0.05, 0) is 37.8 Å². The molecular weight excluding hydrogens is 282 g/mol. The van der Waals surface area contributed by atoms with Crippen LogP contribution in [0, 0.1) is 6.92 Å². The Morgan fingerprint density at radius 3 is 2.55 bits per heavy atom. The van der Waals surface area contributed by atoms with Gasteiger partial charge in [0.1, 0.15) is 11.9 Å². The van der Waals surface area contributed by atoms with Crippen molar-refractivity contribution in [1.82, 2.24) is 5.32 Å². The van der Waals surface area contributed by atoms with Gasteiger partial charge in [-0.2, -0.15) is 0 Å². The van der Waals surface area contributed by atoms with Crippen LogP contribution in [0.4, 0.5) is 0 Å². The number of rotatable bonds is 10. The molecule has 1 unspecified atom stereocenters. The van der Waals surface area contributed by atoms with Crippen LogP contribution in [0.5, 0.6) is 5.75 Å². The Hall–Kier alpha value is -2.04. The molecule has 0 aliphatic rings. The molecule has 1 rings (SSSR count). The maximum Gasteiger partial charge on any atom is 0.303 e. The summed E-state index contributed by atoms with van der Waals surface area (Å²) in [6.07, 6.45) is 2.32. The largest absolute Gasteiger partial charge is 0.488 e. The third kappa shape index (κ3) is 7.11. The highest BCUT2D eigenvalue weighted by Gasteiger charge is 2.11. The molecule has 0 fully saturated rings. The lowest BCUT2D eigenvalue weighted by molar-refractivity contribution is -0.137. The van der Waals surface area contributed by atoms with E-state index in [4.69, 9.17) is 9.84 Å². The van der Waals surface area contributed by atoms with Crippen molar-refractivity contribution in [3.05, 3.63) is 29.8 Å². The maximum atomic E-state index is 11.7. The number of carbonyl (C=O) groups is 2. The molecule has 5 nitrogen and oxygen atoms in total. The fourth-order valence-electron chi connectivity index (χ4n) is 2.02. The molecule has 0 bridgehead atoms. The van der Waals surface area contributed by atoms with Gasteiger partial charge in [-0.1, -0.05) is 25.1 Å². The summed E-state index contributed by atoms with van der Waals surface area (Å²) in [5.74, 6) is -0.0413. The van der Waals surface area contributed by atoms with E-state index in [1.54, 1.807) is 0 Å². The summed E-state index contributed by atoms with van der Waals surface area (Å²) < 4.78 is 5.91. The van der Waals surface area contributed by atoms with E-state index >= 15 is 0 Å². The average molecular weight is 307 g/mol. The SMILES string of the molecule is CCC(CNC(=O)CCCCC(=O)O)Oc1ccccc1C. The fraction of sp³-hybridized carbons (Fsp3) is 0.529. The number of hydrogen-bond acceptors (Lipinski definition) is 3. The van der Waals surface area contributed by atoms with Crippen LogP contribution in [-0.2, 0) is 9.59 Å². The van der Waals surface area contributed by atoms with Gasteiger partial charge in [0.25, 0.3) is 0 Å². The number of benzene rings is 1. The van der Waals surface area contributed by atoms with Crippen LogP contribution in [0.15, 0.2) is 24.3 Å². The van der Waals surface area contributed by atoms with Gasteiger partial charge < -0.3 is 15.2 Å². The molecule has 0 aromatic heterocycles. The second kappa shape index (κ2) is 9.82. The second-order valence-corrected chi connectivity index (χ2v) is 5.32. The minimum absolute atomic E-state index is 0.0581. The van der Waals surface area contributed by atoms with Crippen LogP contribution in [0.3, 0.4) is 0 Å². The summed E-state index contributed by atoms with van der Waals surface area (Å²) in [4.78, 5) is 22.1.